The van der Waals surface area contributed by atoms with E-state index in [0.717, 1.165) is 22.1 Å². The number of hydrogen-bond donors (Lipinski definition) is 0. The third-order valence-corrected chi connectivity index (χ3v) is 3.74. The van der Waals surface area contributed by atoms with Crippen LogP contribution in [0.4, 0.5) is 0 Å². The zero-order valence-corrected chi connectivity index (χ0v) is 13.5. The summed E-state index contributed by atoms with van der Waals surface area (Å²) in [6, 6.07) is 10.9. The Balaban J connectivity index is 2.34. The van der Waals surface area contributed by atoms with E-state index in [-0.39, 0.29) is 0 Å². The van der Waals surface area contributed by atoms with Gasteiger partial charge in [0.1, 0.15) is 11.5 Å². The normalized spacial score (nSPS) is 10.7. The molecule has 2 rings (SSSR count). The fourth-order valence-electron chi connectivity index (χ4n) is 1.86. The van der Waals surface area contributed by atoms with Crippen molar-refractivity contribution < 1.29 is 9.53 Å². The second kappa shape index (κ2) is 6.42. The Labute approximate surface area is 131 Å². The lowest BCUT2D eigenvalue weighted by Crippen LogP contribution is -1.94. The third kappa shape index (κ3) is 3.41. The van der Waals surface area contributed by atoms with Gasteiger partial charge in [-0.05, 0) is 41.8 Å². The summed E-state index contributed by atoms with van der Waals surface area (Å²) in [7, 11) is 0. The average molecular weight is 354 g/mol. The molecule has 0 saturated heterocycles. The maximum absolute atomic E-state index is 10.7. The Bertz CT molecular complexity index is 638. The van der Waals surface area contributed by atoms with Crippen molar-refractivity contribution in [2.75, 3.05) is 0 Å². The molecule has 0 aliphatic heterocycles. The molecule has 0 N–H and O–H groups in total. The molecule has 0 bridgehead atoms. The predicted octanol–water partition coefficient (Wildman–Crippen LogP) is 5.83. The van der Waals surface area contributed by atoms with E-state index in [1.54, 1.807) is 18.2 Å². The number of ether oxygens (including phenoxy) is 1. The maximum Gasteiger partial charge on any atom is 0.151 e. The molecule has 0 heterocycles. The third-order valence-electron chi connectivity index (χ3n) is 2.92. The first-order valence-electron chi connectivity index (χ1n) is 6.23. The van der Waals surface area contributed by atoms with Crippen LogP contribution in [0.3, 0.4) is 0 Å². The van der Waals surface area contributed by atoms with Crippen LogP contribution in [0.1, 0.15) is 35.7 Å². The molecule has 0 aliphatic rings. The van der Waals surface area contributed by atoms with Gasteiger partial charge in [-0.1, -0.05) is 41.4 Å². The van der Waals surface area contributed by atoms with Crippen LogP contribution in [0.5, 0.6) is 11.5 Å². The van der Waals surface area contributed by atoms with Crippen LogP contribution >= 0.6 is 27.5 Å². The highest BCUT2D eigenvalue weighted by Crippen LogP contribution is 2.34. The van der Waals surface area contributed by atoms with Gasteiger partial charge in [-0.15, -0.1) is 0 Å². The van der Waals surface area contributed by atoms with Crippen LogP contribution in [0, 0.1) is 0 Å². The van der Waals surface area contributed by atoms with E-state index < -0.39 is 0 Å². The lowest BCUT2D eigenvalue weighted by atomic mass is 10.0. The minimum Gasteiger partial charge on any atom is -0.457 e. The van der Waals surface area contributed by atoms with Gasteiger partial charge >= 0.3 is 0 Å². The largest absolute Gasteiger partial charge is 0.457 e. The van der Waals surface area contributed by atoms with Crippen LogP contribution in [-0.2, 0) is 0 Å². The van der Waals surface area contributed by atoms with Crippen molar-refractivity contribution in [1.29, 1.82) is 0 Å². The average Bonchev–Trinajstić information content (AvgIpc) is 2.41. The highest BCUT2D eigenvalue weighted by molar-refractivity contribution is 9.10. The summed E-state index contributed by atoms with van der Waals surface area (Å²) in [5, 5.41) is 0.390. The number of benzene rings is 2. The number of carbonyl (C=O) groups excluding carboxylic acids is 1. The number of hydrogen-bond acceptors (Lipinski definition) is 2. The fourth-order valence-corrected chi connectivity index (χ4v) is 2.45. The van der Waals surface area contributed by atoms with E-state index in [1.807, 2.05) is 18.2 Å². The minimum absolute atomic E-state index is 0.340. The number of aldehydes is 1. The summed E-state index contributed by atoms with van der Waals surface area (Å²) in [5.74, 6) is 1.75. The van der Waals surface area contributed by atoms with Crippen molar-refractivity contribution in [1.82, 2.24) is 0 Å². The number of rotatable bonds is 4. The molecule has 0 spiro atoms. The number of carbonyl (C=O) groups is 1. The molecule has 0 unspecified atom stereocenters. The molecule has 0 atom stereocenters. The van der Waals surface area contributed by atoms with Gasteiger partial charge in [0.05, 0.1) is 5.02 Å². The molecule has 2 aromatic rings. The number of halogens is 2. The highest BCUT2D eigenvalue weighted by Gasteiger charge is 2.10. The first-order valence-corrected chi connectivity index (χ1v) is 7.40. The molecule has 0 aromatic heterocycles. The first-order chi connectivity index (χ1) is 9.51. The summed E-state index contributed by atoms with van der Waals surface area (Å²) in [4.78, 5) is 10.7. The van der Waals surface area contributed by atoms with Gasteiger partial charge in [-0.3, -0.25) is 4.79 Å². The Kier molecular flexibility index (Phi) is 4.84. The van der Waals surface area contributed by atoms with E-state index in [4.69, 9.17) is 16.3 Å². The summed E-state index contributed by atoms with van der Waals surface area (Å²) < 4.78 is 6.90. The lowest BCUT2D eigenvalue weighted by Gasteiger charge is -2.14. The van der Waals surface area contributed by atoms with Crippen molar-refractivity contribution >= 4 is 33.8 Å². The summed E-state index contributed by atoms with van der Waals surface area (Å²) >= 11 is 9.47. The maximum atomic E-state index is 10.7. The first kappa shape index (κ1) is 15.1. The molecule has 0 aliphatic carbocycles. The van der Waals surface area contributed by atoms with Crippen molar-refractivity contribution in [3.05, 3.63) is 57.0 Å². The van der Waals surface area contributed by atoms with Crippen LogP contribution in [0.2, 0.25) is 5.02 Å². The molecule has 4 heteroatoms. The topological polar surface area (TPSA) is 26.3 Å². The molecule has 0 fully saturated rings. The molecule has 2 nitrogen and oxygen atoms in total. The van der Waals surface area contributed by atoms with Gasteiger partial charge in [-0.2, -0.15) is 0 Å². The molecule has 0 saturated carbocycles. The second-order valence-corrected chi connectivity index (χ2v) is 6.06. The van der Waals surface area contributed by atoms with Crippen molar-refractivity contribution in [2.45, 2.75) is 19.8 Å². The Hall–Kier alpha value is -1.32. The fraction of sp³-hybridized carbons (Fsp3) is 0.188. The van der Waals surface area contributed by atoms with E-state index in [1.165, 1.54) is 0 Å². The van der Waals surface area contributed by atoms with Crippen LogP contribution in [0.25, 0.3) is 0 Å². The van der Waals surface area contributed by atoms with Gasteiger partial charge in [0, 0.05) is 16.1 Å². The van der Waals surface area contributed by atoms with E-state index >= 15 is 0 Å². The Morgan fingerprint density at radius 1 is 1.20 bits per heavy atom. The van der Waals surface area contributed by atoms with Crippen molar-refractivity contribution in [2.24, 2.45) is 0 Å². The van der Waals surface area contributed by atoms with Crippen molar-refractivity contribution in [3.8, 4) is 11.5 Å². The van der Waals surface area contributed by atoms with Crippen LogP contribution in [0.15, 0.2) is 40.9 Å². The van der Waals surface area contributed by atoms with Gasteiger partial charge < -0.3 is 4.74 Å². The molecular formula is C16H14BrClO2. The Morgan fingerprint density at radius 3 is 2.55 bits per heavy atom. The minimum atomic E-state index is 0.340. The molecule has 20 heavy (non-hydrogen) atoms. The van der Waals surface area contributed by atoms with Gasteiger partial charge in [-0.25, -0.2) is 0 Å². The molecule has 0 radical (unpaired) electrons. The summed E-state index contributed by atoms with van der Waals surface area (Å²) in [6.07, 6.45) is 0.727. The van der Waals surface area contributed by atoms with Crippen LogP contribution in [-0.4, -0.2) is 6.29 Å². The Morgan fingerprint density at radius 2 is 1.95 bits per heavy atom. The smallest absolute Gasteiger partial charge is 0.151 e. The van der Waals surface area contributed by atoms with Crippen molar-refractivity contribution in [3.63, 3.8) is 0 Å². The SMILES string of the molecule is CC(C)c1cc(Br)ccc1Oc1ccc(C=O)c(Cl)c1. The lowest BCUT2D eigenvalue weighted by molar-refractivity contribution is 0.112. The van der Waals surface area contributed by atoms with E-state index in [9.17, 15) is 4.79 Å². The zero-order valence-electron chi connectivity index (χ0n) is 11.2. The highest BCUT2D eigenvalue weighted by atomic mass is 79.9. The summed E-state index contributed by atoms with van der Waals surface area (Å²) in [6.45, 7) is 4.22. The van der Waals surface area contributed by atoms with Gasteiger partial charge in [0.15, 0.2) is 6.29 Å². The molecule has 104 valence electrons. The summed E-state index contributed by atoms with van der Waals surface area (Å²) in [5.41, 5.74) is 1.56. The molecule has 2 aromatic carbocycles. The quantitative estimate of drug-likeness (QED) is 0.646. The molecule has 0 amide bonds. The standard InChI is InChI=1S/C16H14BrClO2/c1-10(2)14-7-12(17)4-6-16(14)20-13-5-3-11(9-19)15(18)8-13/h3-10H,1-2H3. The van der Waals surface area contributed by atoms with E-state index in [0.29, 0.717) is 22.3 Å². The predicted molar refractivity (Wildman–Crippen MR) is 85.1 cm³/mol. The van der Waals surface area contributed by atoms with Gasteiger partial charge in [0.2, 0.25) is 0 Å². The monoisotopic (exact) mass is 352 g/mol. The zero-order chi connectivity index (χ0) is 14.7. The van der Waals surface area contributed by atoms with Gasteiger partial charge in [0.25, 0.3) is 0 Å². The second-order valence-electron chi connectivity index (χ2n) is 4.74. The van der Waals surface area contributed by atoms with E-state index in [2.05, 4.69) is 29.8 Å². The van der Waals surface area contributed by atoms with Crippen LogP contribution < -0.4 is 4.74 Å². The molecular weight excluding hydrogens is 340 g/mol.